The number of nitrogens with one attached hydrogen (secondary N) is 1. The molecule has 0 radical (unpaired) electrons. The number of amides is 1. The van der Waals surface area contributed by atoms with Gasteiger partial charge in [-0.2, -0.15) is 0 Å². The molecule has 1 amide bonds. The van der Waals surface area contributed by atoms with Gasteiger partial charge in [-0.05, 0) is 18.6 Å². The minimum Gasteiger partial charge on any atom is -0.382 e. The van der Waals surface area contributed by atoms with Gasteiger partial charge < -0.3 is 19.7 Å². The molecule has 0 spiro atoms. The Morgan fingerprint density at radius 2 is 2.18 bits per heavy atom. The molecule has 0 aromatic heterocycles. The van der Waals surface area contributed by atoms with Crippen molar-refractivity contribution in [2.75, 3.05) is 43.6 Å². The Morgan fingerprint density at radius 3 is 2.86 bits per heavy atom. The molecule has 22 heavy (non-hydrogen) atoms. The summed E-state index contributed by atoms with van der Waals surface area (Å²) < 4.78 is 11.2. The second-order valence-corrected chi connectivity index (χ2v) is 6.08. The minimum atomic E-state index is -0.153. The summed E-state index contributed by atoms with van der Waals surface area (Å²) in [7, 11) is 1.78. The fourth-order valence-electron chi connectivity index (χ4n) is 3.38. The monoisotopic (exact) mass is 304 g/mol. The van der Waals surface area contributed by atoms with Crippen molar-refractivity contribution in [1.29, 1.82) is 0 Å². The van der Waals surface area contributed by atoms with E-state index in [-0.39, 0.29) is 11.5 Å². The van der Waals surface area contributed by atoms with Crippen LogP contribution in [0.15, 0.2) is 18.2 Å². The summed E-state index contributed by atoms with van der Waals surface area (Å²) in [5.74, 6) is 0.105. The molecule has 0 bridgehead atoms. The minimum absolute atomic E-state index is 0.105. The molecule has 3 rings (SSSR count). The number of carbonyl (C=O) groups is 1. The summed E-state index contributed by atoms with van der Waals surface area (Å²) in [5, 5.41) is 3.55. The van der Waals surface area contributed by atoms with Crippen LogP contribution in [0.4, 0.5) is 11.4 Å². The zero-order valence-electron chi connectivity index (χ0n) is 13.4. The molecular weight excluding hydrogens is 280 g/mol. The first kappa shape index (κ1) is 15.3. The third-order valence-corrected chi connectivity index (χ3v) is 4.85. The number of anilines is 2. The van der Waals surface area contributed by atoms with Gasteiger partial charge in [-0.15, -0.1) is 0 Å². The first-order chi connectivity index (χ1) is 10.7. The van der Waals surface area contributed by atoms with Gasteiger partial charge in [0.15, 0.2) is 0 Å². The van der Waals surface area contributed by atoms with Gasteiger partial charge in [-0.25, -0.2) is 0 Å². The van der Waals surface area contributed by atoms with E-state index in [1.165, 1.54) is 5.56 Å². The molecular formula is C17H24N2O3. The highest BCUT2D eigenvalue weighted by molar-refractivity contribution is 5.95. The summed E-state index contributed by atoms with van der Waals surface area (Å²) >= 11 is 0. The number of rotatable bonds is 4. The maximum Gasteiger partial charge on any atom is 0.223 e. The SMILES string of the molecule is COC1(CNc2cccc3c2CCN3C(C)=O)CCOCC1. The van der Waals surface area contributed by atoms with Gasteiger partial charge in [0.2, 0.25) is 5.91 Å². The standard InChI is InChI=1S/C17H24N2O3/c1-13(20)19-9-6-14-15(4-3-5-16(14)19)18-12-17(21-2)7-10-22-11-8-17/h3-5,18H,6-12H2,1-2H3. The average Bonchev–Trinajstić information content (AvgIpc) is 2.98. The fraction of sp³-hybridized carbons (Fsp3) is 0.588. The van der Waals surface area contributed by atoms with Crippen LogP contribution in [0.5, 0.6) is 0 Å². The molecule has 2 heterocycles. The fourth-order valence-corrected chi connectivity index (χ4v) is 3.38. The molecule has 120 valence electrons. The van der Waals surface area contributed by atoms with E-state index < -0.39 is 0 Å². The van der Waals surface area contributed by atoms with Crippen LogP contribution in [0.25, 0.3) is 0 Å². The Balaban J connectivity index is 1.75. The molecule has 5 heteroatoms. The predicted octanol–water partition coefficient (Wildman–Crippen LogP) is 2.20. The summed E-state index contributed by atoms with van der Waals surface area (Å²) in [6, 6.07) is 6.12. The van der Waals surface area contributed by atoms with Crippen molar-refractivity contribution in [2.24, 2.45) is 0 Å². The van der Waals surface area contributed by atoms with Crippen LogP contribution in [0.2, 0.25) is 0 Å². The van der Waals surface area contributed by atoms with Crippen molar-refractivity contribution in [3.63, 3.8) is 0 Å². The van der Waals surface area contributed by atoms with Crippen molar-refractivity contribution in [2.45, 2.75) is 31.8 Å². The number of hydrogen-bond acceptors (Lipinski definition) is 4. The van der Waals surface area contributed by atoms with E-state index in [0.717, 1.165) is 56.9 Å². The van der Waals surface area contributed by atoms with Crippen molar-refractivity contribution in [1.82, 2.24) is 0 Å². The molecule has 1 aromatic carbocycles. The van der Waals surface area contributed by atoms with Gasteiger partial charge in [0, 0.05) is 70.1 Å². The number of ether oxygens (including phenoxy) is 2. The van der Waals surface area contributed by atoms with Gasteiger partial charge in [-0.3, -0.25) is 4.79 Å². The van der Waals surface area contributed by atoms with Gasteiger partial charge in [0.25, 0.3) is 0 Å². The number of carbonyl (C=O) groups excluding carboxylic acids is 1. The number of hydrogen-bond donors (Lipinski definition) is 1. The van der Waals surface area contributed by atoms with Gasteiger partial charge in [0.1, 0.15) is 0 Å². The number of methoxy groups -OCH3 is 1. The molecule has 1 saturated heterocycles. The van der Waals surface area contributed by atoms with E-state index in [0.29, 0.717) is 0 Å². The lowest BCUT2D eigenvalue weighted by atomic mass is 9.93. The topological polar surface area (TPSA) is 50.8 Å². The van der Waals surface area contributed by atoms with Gasteiger partial charge in [0.05, 0.1) is 5.60 Å². The van der Waals surface area contributed by atoms with Crippen LogP contribution >= 0.6 is 0 Å². The van der Waals surface area contributed by atoms with Crippen LogP contribution in [0.1, 0.15) is 25.3 Å². The van der Waals surface area contributed by atoms with Crippen LogP contribution in [0, 0.1) is 0 Å². The van der Waals surface area contributed by atoms with E-state index in [2.05, 4.69) is 11.4 Å². The Kier molecular flexibility index (Phi) is 4.36. The largest absolute Gasteiger partial charge is 0.382 e. The maximum absolute atomic E-state index is 11.7. The highest BCUT2D eigenvalue weighted by Gasteiger charge is 2.33. The molecule has 1 aromatic rings. The summed E-state index contributed by atoms with van der Waals surface area (Å²) in [4.78, 5) is 13.5. The molecule has 0 saturated carbocycles. The molecule has 0 aliphatic carbocycles. The van der Waals surface area contributed by atoms with E-state index in [1.54, 1.807) is 14.0 Å². The zero-order valence-corrected chi connectivity index (χ0v) is 13.4. The lowest BCUT2D eigenvalue weighted by Crippen LogP contribution is -2.44. The molecule has 1 N–H and O–H groups in total. The van der Waals surface area contributed by atoms with Gasteiger partial charge in [-0.1, -0.05) is 6.07 Å². The lowest BCUT2D eigenvalue weighted by molar-refractivity contribution is -0.116. The van der Waals surface area contributed by atoms with E-state index in [4.69, 9.17) is 9.47 Å². The molecule has 2 aliphatic rings. The number of fused-ring (bicyclic) bond motifs is 1. The Labute approximate surface area is 131 Å². The molecule has 5 nitrogen and oxygen atoms in total. The van der Waals surface area contributed by atoms with Crippen molar-refractivity contribution in [3.8, 4) is 0 Å². The zero-order chi connectivity index (χ0) is 15.6. The van der Waals surface area contributed by atoms with Gasteiger partial charge >= 0.3 is 0 Å². The van der Waals surface area contributed by atoms with Crippen LogP contribution in [-0.2, 0) is 20.7 Å². The summed E-state index contributed by atoms with van der Waals surface area (Å²) in [5.41, 5.74) is 3.23. The Hall–Kier alpha value is -1.59. The van der Waals surface area contributed by atoms with E-state index >= 15 is 0 Å². The third-order valence-electron chi connectivity index (χ3n) is 4.85. The molecule has 1 fully saturated rings. The van der Waals surface area contributed by atoms with Crippen molar-refractivity contribution < 1.29 is 14.3 Å². The molecule has 0 unspecified atom stereocenters. The highest BCUT2D eigenvalue weighted by Crippen LogP contribution is 2.34. The van der Waals surface area contributed by atoms with Crippen LogP contribution < -0.4 is 10.2 Å². The second kappa shape index (κ2) is 6.26. The van der Waals surface area contributed by atoms with Crippen molar-refractivity contribution in [3.05, 3.63) is 23.8 Å². The molecule has 2 aliphatic heterocycles. The second-order valence-electron chi connectivity index (χ2n) is 6.08. The summed E-state index contributed by atoms with van der Waals surface area (Å²) in [6.45, 7) is 4.66. The number of benzene rings is 1. The van der Waals surface area contributed by atoms with Crippen LogP contribution in [0.3, 0.4) is 0 Å². The highest BCUT2D eigenvalue weighted by atomic mass is 16.5. The lowest BCUT2D eigenvalue weighted by Gasteiger charge is -2.36. The average molecular weight is 304 g/mol. The first-order valence-electron chi connectivity index (χ1n) is 7.92. The number of nitrogens with zero attached hydrogens (tertiary/aromatic N) is 1. The smallest absolute Gasteiger partial charge is 0.223 e. The predicted molar refractivity (Wildman–Crippen MR) is 86.5 cm³/mol. The first-order valence-corrected chi connectivity index (χ1v) is 7.92. The normalized spacial score (nSPS) is 19.8. The quantitative estimate of drug-likeness (QED) is 0.926. The van der Waals surface area contributed by atoms with Crippen molar-refractivity contribution >= 4 is 17.3 Å². The van der Waals surface area contributed by atoms with E-state index in [9.17, 15) is 4.79 Å². The Morgan fingerprint density at radius 1 is 1.41 bits per heavy atom. The van der Waals surface area contributed by atoms with E-state index in [1.807, 2.05) is 17.0 Å². The van der Waals surface area contributed by atoms with Crippen LogP contribution in [-0.4, -0.2) is 44.9 Å². The maximum atomic E-state index is 11.7. The molecule has 0 atom stereocenters. The third kappa shape index (κ3) is 2.83. The Bertz CT molecular complexity index is 553. The summed E-state index contributed by atoms with van der Waals surface area (Å²) in [6.07, 6.45) is 2.72.